The highest BCUT2D eigenvalue weighted by molar-refractivity contribution is 5.96. The van der Waals surface area contributed by atoms with Crippen LogP contribution in [0.15, 0.2) is 30.9 Å². The number of nitro groups is 1. The van der Waals surface area contributed by atoms with Gasteiger partial charge in [-0.25, -0.2) is 4.39 Å². The van der Waals surface area contributed by atoms with Crippen molar-refractivity contribution >= 4 is 17.3 Å². The fraction of sp³-hybridized carbons (Fsp3) is 0.182. The van der Waals surface area contributed by atoms with Crippen molar-refractivity contribution in [3.05, 3.63) is 46.8 Å². The van der Waals surface area contributed by atoms with Crippen molar-refractivity contribution < 1.29 is 14.1 Å². The van der Waals surface area contributed by atoms with Crippen molar-refractivity contribution in [3.8, 4) is 0 Å². The van der Waals surface area contributed by atoms with Gasteiger partial charge in [0.2, 0.25) is 5.91 Å². The summed E-state index contributed by atoms with van der Waals surface area (Å²) in [7, 11) is 0. The van der Waals surface area contributed by atoms with Crippen molar-refractivity contribution in [1.82, 2.24) is 0 Å². The van der Waals surface area contributed by atoms with Gasteiger partial charge in [-0.2, -0.15) is 0 Å². The van der Waals surface area contributed by atoms with Crippen molar-refractivity contribution in [2.45, 2.75) is 12.5 Å². The minimum atomic E-state index is -0.929. The van der Waals surface area contributed by atoms with E-state index in [1.54, 1.807) is 0 Å². The number of benzene rings is 1. The van der Waals surface area contributed by atoms with Gasteiger partial charge in [-0.05, 0) is 12.5 Å². The molecule has 0 aliphatic heterocycles. The van der Waals surface area contributed by atoms with E-state index in [1.165, 1.54) is 12.1 Å². The Kier molecular flexibility index (Phi) is 4.50. The first kappa shape index (κ1) is 13.8. The van der Waals surface area contributed by atoms with E-state index < -0.39 is 34.1 Å². The number of rotatable bonds is 5. The molecule has 1 rings (SSSR count). The number of nitrogens with one attached hydrogen (secondary N) is 1. The van der Waals surface area contributed by atoms with Gasteiger partial charge < -0.3 is 11.1 Å². The largest absolute Gasteiger partial charge is 0.320 e. The van der Waals surface area contributed by atoms with Crippen molar-refractivity contribution in [3.63, 3.8) is 0 Å². The number of amides is 1. The summed E-state index contributed by atoms with van der Waals surface area (Å²) in [5, 5.41) is 12.8. The predicted octanol–water partition coefficient (Wildman–Crippen LogP) is 1.58. The Balaban J connectivity index is 3.00. The molecule has 1 atom stereocenters. The standard InChI is InChI=1S/C11H12FN3O3/c1-2-4-8(13)11(16)14-10-7(12)5-3-6-9(10)15(17)18/h2-3,5-6,8H,1,4,13H2,(H,14,16). The van der Waals surface area contributed by atoms with Crippen LogP contribution >= 0.6 is 0 Å². The Morgan fingerprint density at radius 3 is 2.89 bits per heavy atom. The fourth-order valence-corrected chi connectivity index (χ4v) is 1.29. The molecule has 0 spiro atoms. The molecule has 1 aromatic carbocycles. The Hall–Kier alpha value is -2.28. The van der Waals surface area contributed by atoms with Gasteiger partial charge in [-0.1, -0.05) is 12.1 Å². The number of nitrogens with two attached hydrogens (primary N) is 1. The quantitative estimate of drug-likeness (QED) is 0.472. The maximum Gasteiger partial charge on any atom is 0.295 e. The zero-order valence-corrected chi connectivity index (χ0v) is 9.43. The van der Waals surface area contributed by atoms with Crippen LogP contribution < -0.4 is 11.1 Å². The number of nitrogens with zero attached hydrogens (tertiary/aromatic N) is 1. The van der Waals surface area contributed by atoms with E-state index in [0.717, 1.165) is 12.1 Å². The Labute approximate surface area is 102 Å². The molecule has 0 fully saturated rings. The van der Waals surface area contributed by atoms with Crippen LogP contribution in [-0.4, -0.2) is 16.9 Å². The van der Waals surface area contributed by atoms with E-state index >= 15 is 0 Å². The van der Waals surface area contributed by atoms with Gasteiger partial charge in [-0.3, -0.25) is 14.9 Å². The van der Waals surface area contributed by atoms with Crippen LogP contribution in [0, 0.1) is 15.9 Å². The summed E-state index contributed by atoms with van der Waals surface area (Å²) in [5.74, 6) is -1.59. The second-order valence-corrected chi connectivity index (χ2v) is 3.51. The highest BCUT2D eigenvalue weighted by atomic mass is 19.1. The van der Waals surface area contributed by atoms with Gasteiger partial charge in [-0.15, -0.1) is 6.58 Å². The van der Waals surface area contributed by atoms with Gasteiger partial charge in [0.05, 0.1) is 11.0 Å². The van der Waals surface area contributed by atoms with E-state index in [0.29, 0.717) is 0 Å². The summed E-state index contributed by atoms with van der Waals surface area (Å²) < 4.78 is 13.4. The predicted molar refractivity (Wildman–Crippen MR) is 64.5 cm³/mol. The summed E-state index contributed by atoms with van der Waals surface area (Å²) in [6.07, 6.45) is 1.62. The summed E-state index contributed by atoms with van der Waals surface area (Å²) >= 11 is 0. The van der Waals surface area contributed by atoms with Gasteiger partial charge in [0.15, 0.2) is 11.5 Å². The zero-order chi connectivity index (χ0) is 13.7. The monoisotopic (exact) mass is 253 g/mol. The molecule has 0 saturated heterocycles. The molecule has 7 heteroatoms. The highest BCUT2D eigenvalue weighted by Crippen LogP contribution is 2.26. The molecule has 96 valence electrons. The molecular weight excluding hydrogens is 241 g/mol. The first-order valence-electron chi connectivity index (χ1n) is 5.07. The summed E-state index contributed by atoms with van der Waals surface area (Å²) in [5.41, 5.74) is 4.48. The van der Waals surface area contributed by atoms with Crippen LogP contribution in [0.3, 0.4) is 0 Å². The van der Waals surface area contributed by atoms with E-state index in [-0.39, 0.29) is 6.42 Å². The van der Waals surface area contributed by atoms with Crippen molar-refractivity contribution in [2.75, 3.05) is 5.32 Å². The lowest BCUT2D eigenvalue weighted by Gasteiger charge is -2.11. The SMILES string of the molecule is C=CCC(N)C(=O)Nc1c(F)cccc1[N+](=O)[O-]. The van der Waals surface area contributed by atoms with Gasteiger partial charge >= 0.3 is 0 Å². The van der Waals surface area contributed by atoms with Gasteiger partial charge in [0.25, 0.3) is 5.69 Å². The number of halogens is 1. The highest BCUT2D eigenvalue weighted by Gasteiger charge is 2.21. The molecule has 1 unspecified atom stereocenters. The lowest BCUT2D eigenvalue weighted by molar-refractivity contribution is -0.384. The smallest absolute Gasteiger partial charge is 0.295 e. The van der Waals surface area contributed by atoms with Crippen LogP contribution in [0.4, 0.5) is 15.8 Å². The third kappa shape index (κ3) is 3.11. The lowest BCUT2D eigenvalue weighted by Crippen LogP contribution is -2.35. The molecule has 6 nitrogen and oxygen atoms in total. The maximum absolute atomic E-state index is 13.4. The van der Waals surface area contributed by atoms with Crippen LogP contribution in [0.5, 0.6) is 0 Å². The molecule has 18 heavy (non-hydrogen) atoms. The number of carbonyl (C=O) groups is 1. The molecule has 0 bridgehead atoms. The van der Waals surface area contributed by atoms with Crippen LogP contribution in [0.1, 0.15) is 6.42 Å². The van der Waals surface area contributed by atoms with Crippen LogP contribution in [-0.2, 0) is 4.79 Å². The van der Waals surface area contributed by atoms with Gasteiger partial charge in [0.1, 0.15) is 0 Å². The Bertz CT molecular complexity index is 490. The average Bonchev–Trinajstić information content (AvgIpc) is 2.31. The maximum atomic E-state index is 13.4. The van der Waals surface area contributed by atoms with Crippen LogP contribution in [0.25, 0.3) is 0 Å². The summed E-state index contributed by atoms with van der Waals surface area (Å²) in [4.78, 5) is 21.5. The number of anilines is 1. The summed E-state index contributed by atoms with van der Waals surface area (Å²) in [6, 6.07) is 2.37. The second kappa shape index (κ2) is 5.87. The number of carbonyl (C=O) groups excluding carboxylic acids is 1. The number of hydrogen-bond donors (Lipinski definition) is 2. The molecule has 0 aliphatic rings. The topological polar surface area (TPSA) is 98.3 Å². The minimum absolute atomic E-state index is 0.189. The molecule has 0 heterocycles. The Morgan fingerprint density at radius 1 is 1.67 bits per heavy atom. The average molecular weight is 253 g/mol. The molecule has 1 amide bonds. The van der Waals surface area contributed by atoms with Crippen LogP contribution in [0.2, 0.25) is 0 Å². The molecule has 0 radical (unpaired) electrons. The second-order valence-electron chi connectivity index (χ2n) is 3.51. The third-order valence-corrected chi connectivity index (χ3v) is 2.19. The molecule has 0 aliphatic carbocycles. The van der Waals surface area contributed by atoms with Crippen molar-refractivity contribution in [2.24, 2.45) is 5.73 Å². The van der Waals surface area contributed by atoms with E-state index in [2.05, 4.69) is 11.9 Å². The number of nitro benzene ring substituents is 1. The molecule has 1 aromatic rings. The van der Waals surface area contributed by atoms with Crippen molar-refractivity contribution in [1.29, 1.82) is 0 Å². The molecule has 3 N–H and O–H groups in total. The van der Waals surface area contributed by atoms with E-state index in [9.17, 15) is 19.3 Å². The van der Waals surface area contributed by atoms with Gasteiger partial charge in [0, 0.05) is 6.07 Å². The third-order valence-electron chi connectivity index (χ3n) is 2.19. The zero-order valence-electron chi connectivity index (χ0n) is 9.43. The normalized spacial score (nSPS) is 11.7. The van der Waals surface area contributed by atoms with E-state index in [1.807, 2.05) is 0 Å². The first-order valence-corrected chi connectivity index (χ1v) is 5.07. The lowest BCUT2D eigenvalue weighted by atomic mass is 10.2. The summed E-state index contributed by atoms with van der Waals surface area (Å²) in [6.45, 7) is 3.41. The minimum Gasteiger partial charge on any atom is -0.320 e. The Morgan fingerprint density at radius 2 is 2.33 bits per heavy atom. The molecule has 0 aromatic heterocycles. The molecular formula is C11H12FN3O3. The van der Waals surface area contributed by atoms with E-state index in [4.69, 9.17) is 5.73 Å². The fourth-order valence-electron chi connectivity index (χ4n) is 1.29. The number of hydrogen-bond acceptors (Lipinski definition) is 4. The molecule has 0 saturated carbocycles. The first-order chi connectivity index (χ1) is 8.47. The number of para-hydroxylation sites is 1.